The van der Waals surface area contributed by atoms with Crippen LogP contribution in [0.2, 0.25) is 0 Å². The molecule has 5 nitrogen and oxygen atoms in total. The first-order chi connectivity index (χ1) is 11.3. The highest BCUT2D eigenvalue weighted by atomic mass is 32.2. The zero-order chi connectivity index (χ0) is 18.2. The van der Waals surface area contributed by atoms with Crippen LogP contribution in [-0.4, -0.2) is 30.7 Å². The van der Waals surface area contributed by atoms with Gasteiger partial charge in [0.05, 0.1) is 13.2 Å². The predicted octanol–water partition coefficient (Wildman–Crippen LogP) is 3.72. The van der Waals surface area contributed by atoms with Crippen LogP contribution in [0.4, 0.5) is 18.9 Å². The van der Waals surface area contributed by atoms with Gasteiger partial charge in [-0.05, 0) is 43.8 Å². The van der Waals surface area contributed by atoms with Crippen LogP contribution >= 0.6 is 11.8 Å². The molecule has 1 aromatic carbocycles. The monoisotopic (exact) mass is 363 g/mol. The molecule has 0 saturated heterocycles. The quantitative estimate of drug-likeness (QED) is 0.262. The molecule has 0 bridgehead atoms. The summed E-state index contributed by atoms with van der Waals surface area (Å²) in [6.07, 6.45) is 1.05. The fourth-order valence-electron chi connectivity index (χ4n) is 1.56. The van der Waals surface area contributed by atoms with Gasteiger partial charge in [-0.2, -0.15) is 13.2 Å². The Labute approximate surface area is 141 Å². The molecule has 0 atom stereocenters. The second kappa shape index (κ2) is 9.21. The van der Waals surface area contributed by atoms with Crippen molar-refractivity contribution in [1.82, 2.24) is 0 Å². The fraction of sp³-hybridized carbons (Fsp3) is 0.333. The van der Waals surface area contributed by atoms with Crippen molar-refractivity contribution in [2.24, 2.45) is 0 Å². The molecule has 0 aliphatic carbocycles. The van der Waals surface area contributed by atoms with E-state index in [-0.39, 0.29) is 41.1 Å². The Morgan fingerprint density at radius 3 is 2.25 bits per heavy atom. The number of ether oxygens (including phenoxy) is 2. The van der Waals surface area contributed by atoms with Crippen LogP contribution in [0.1, 0.15) is 13.8 Å². The van der Waals surface area contributed by atoms with Crippen LogP contribution in [0.25, 0.3) is 0 Å². The Morgan fingerprint density at radius 1 is 1.17 bits per heavy atom. The van der Waals surface area contributed by atoms with E-state index in [4.69, 9.17) is 9.47 Å². The summed E-state index contributed by atoms with van der Waals surface area (Å²) >= 11 is -0.266. The lowest BCUT2D eigenvalue weighted by Gasteiger charge is -2.09. The Balaban J connectivity index is 2.94. The van der Waals surface area contributed by atoms with Crippen LogP contribution in [0.5, 0.6) is 0 Å². The standard InChI is InChI=1S/C15H16F3NO4S/c1-3-22-13(20)12(14(21)23-4-2)9-19-10-6-5-7-11(8-10)24-15(16,17)18/h5-9,19H,3-4H2,1-2H3. The Hall–Kier alpha value is -2.16. The van der Waals surface area contributed by atoms with E-state index in [1.165, 1.54) is 24.3 Å². The number of anilines is 1. The Morgan fingerprint density at radius 2 is 1.75 bits per heavy atom. The normalized spacial score (nSPS) is 10.7. The molecule has 0 aliphatic rings. The second-order valence-electron chi connectivity index (χ2n) is 4.22. The van der Waals surface area contributed by atoms with Gasteiger partial charge in [0, 0.05) is 16.8 Å². The van der Waals surface area contributed by atoms with Gasteiger partial charge in [0.15, 0.2) is 5.57 Å². The van der Waals surface area contributed by atoms with Crippen molar-refractivity contribution in [2.75, 3.05) is 18.5 Å². The second-order valence-corrected chi connectivity index (χ2v) is 5.36. The van der Waals surface area contributed by atoms with E-state index >= 15 is 0 Å². The minimum atomic E-state index is -4.41. The highest BCUT2D eigenvalue weighted by molar-refractivity contribution is 8.00. The maximum absolute atomic E-state index is 12.4. The van der Waals surface area contributed by atoms with Crippen molar-refractivity contribution in [1.29, 1.82) is 0 Å². The molecule has 0 saturated carbocycles. The molecule has 132 valence electrons. The number of esters is 2. The summed E-state index contributed by atoms with van der Waals surface area (Å²) < 4.78 is 46.6. The first-order valence-electron chi connectivity index (χ1n) is 6.93. The number of nitrogens with one attached hydrogen (secondary N) is 1. The Kier molecular flexibility index (Phi) is 7.63. The lowest BCUT2D eigenvalue weighted by atomic mass is 10.2. The van der Waals surface area contributed by atoms with E-state index in [0.717, 1.165) is 6.20 Å². The third kappa shape index (κ3) is 6.95. The van der Waals surface area contributed by atoms with Gasteiger partial charge in [-0.15, -0.1) is 0 Å². The highest BCUT2D eigenvalue weighted by Crippen LogP contribution is 2.37. The summed E-state index contributed by atoms with van der Waals surface area (Å²) in [5.41, 5.74) is -4.52. The van der Waals surface area contributed by atoms with Crippen molar-refractivity contribution in [3.8, 4) is 0 Å². The zero-order valence-corrected chi connectivity index (χ0v) is 13.8. The van der Waals surface area contributed by atoms with Gasteiger partial charge in [0.1, 0.15) is 0 Å². The van der Waals surface area contributed by atoms with Gasteiger partial charge in [-0.3, -0.25) is 0 Å². The molecule has 9 heteroatoms. The van der Waals surface area contributed by atoms with Crippen molar-refractivity contribution >= 4 is 29.4 Å². The summed E-state index contributed by atoms with van der Waals surface area (Å²) in [6, 6.07) is 5.44. The topological polar surface area (TPSA) is 64.6 Å². The summed E-state index contributed by atoms with van der Waals surface area (Å²) in [5, 5.41) is 2.61. The number of carbonyl (C=O) groups is 2. The maximum Gasteiger partial charge on any atom is 0.446 e. The van der Waals surface area contributed by atoms with Gasteiger partial charge in [0.2, 0.25) is 0 Å². The van der Waals surface area contributed by atoms with Gasteiger partial charge in [-0.25, -0.2) is 9.59 Å². The lowest BCUT2D eigenvalue weighted by Crippen LogP contribution is -2.19. The van der Waals surface area contributed by atoms with Crippen molar-refractivity contribution in [2.45, 2.75) is 24.3 Å². The van der Waals surface area contributed by atoms with Crippen molar-refractivity contribution < 1.29 is 32.2 Å². The van der Waals surface area contributed by atoms with E-state index < -0.39 is 17.4 Å². The number of alkyl halides is 3. The molecule has 24 heavy (non-hydrogen) atoms. The molecule has 0 unspecified atom stereocenters. The maximum atomic E-state index is 12.4. The van der Waals surface area contributed by atoms with E-state index in [2.05, 4.69) is 5.32 Å². The number of halogens is 3. The third-order valence-corrected chi connectivity index (χ3v) is 3.16. The number of rotatable bonds is 7. The molecule has 0 amide bonds. The molecule has 0 spiro atoms. The number of benzene rings is 1. The van der Waals surface area contributed by atoms with Crippen LogP contribution in [0, 0.1) is 0 Å². The van der Waals surface area contributed by atoms with E-state index in [0.29, 0.717) is 0 Å². The fourth-order valence-corrected chi connectivity index (χ4v) is 2.16. The summed E-state index contributed by atoms with van der Waals surface area (Å²) in [7, 11) is 0. The summed E-state index contributed by atoms with van der Waals surface area (Å²) in [6.45, 7) is 3.28. The first-order valence-corrected chi connectivity index (χ1v) is 7.75. The molecule has 0 radical (unpaired) electrons. The van der Waals surface area contributed by atoms with Gasteiger partial charge in [-0.1, -0.05) is 6.07 Å². The van der Waals surface area contributed by atoms with Crippen LogP contribution in [-0.2, 0) is 19.1 Å². The molecular weight excluding hydrogens is 347 g/mol. The molecule has 0 aliphatic heterocycles. The smallest absolute Gasteiger partial charge is 0.446 e. The number of hydrogen-bond acceptors (Lipinski definition) is 6. The first kappa shape index (κ1) is 19.9. The molecule has 0 aromatic heterocycles. The summed E-state index contributed by atoms with van der Waals surface area (Å²) in [5.74, 6) is -1.77. The highest BCUT2D eigenvalue weighted by Gasteiger charge is 2.29. The van der Waals surface area contributed by atoms with Crippen molar-refractivity contribution in [3.05, 3.63) is 36.0 Å². The summed E-state index contributed by atoms with van der Waals surface area (Å²) in [4.78, 5) is 23.5. The molecule has 1 aromatic rings. The molecular formula is C15H16F3NO4S. The van der Waals surface area contributed by atoms with E-state index in [9.17, 15) is 22.8 Å². The lowest BCUT2D eigenvalue weighted by molar-refractivity contribution is -0.146. The number of hydrogen-bond donors (Lipinski definition) is 1. The molecule has 1 N–H and O–H groups in total. The van der Waals surface area contributed by atoms with E-state index in [1.54, 1.807) is 13.8 Å². The number of carbonyl (C=O) groups excluding carboxylic acids is 2. The molecule has 0 heterocycles. The largest absolute Gasteiger partial charge is 0.462 e. The predicted molar refractivity (Wildman–Crippen MR) is 83.3 cm³/mol. The molecule has 1 rings (SSSR count). The number of thioether (sulfide) groups is 1. The minimum Gasteiger partial charge on any atom is -0.462 e. The minimum absolute atomic E-state index is 0.0327. The van der Waals surface area contributed by atoms with Gasteiger partial charge in [0.25, 0.3) is 0 Å². The average molecular weight is 363 g/mol. The van der Waals surface area contributed by atoms with Gasteiger partial charge < -0.3 is 14.8 Å². The zero-order valence-electron chi connectivity index (χ0n) is 13.0. The third-order valence-electron chi connectivity index (χ3n) is 2.44. The van der Waals surface area contributed by atoms with Crippen LogP contribution in [0.3, 0.4) is 0 Å². The SMILES string of the molecule is CCOC(=O)C(=CNc1cccc(SC(F)(F)F)c1)C(=O)OCC. The van der Waals surface area contributed by atoms with Crippen LogP contribution in [0.15, 0.2) is 40.9 Å². The average Bonchev–Trinajstić information content (AvgIpc) is 2.46. The Bertz CT molecular complexity index is 597. The van der Waals surface area contributed by atoms with E-state index in [1.807, 2.05) is 0 Å². The molecule has 0 fully saturated rings. The van der Waals surface area contributed by atoms with Gasteiger partial charge >= 0.3 is 17.4 Å². The van der Waals surface area contributed by atoms with Crippen molar-refractivity contribution in [3.63, 3.8) is 0 Å². The van der Waals surface area contributed by atoms with Crippen LogP contribution < -0.4 is 5.32 Å².